The van der Waals surface area contributed by atoms with Crippen LogP contribution in [0.3, 0.4) is 0 Å². The van der Waals surface area contributed by atoms with Crippen LogP contribution in [0.25, 0.3) is 0 Å². The Morgan fingerprint density at radius 3 is 1.94 bits per heavy atom. The van der Waals surface area contributed by atoms with Gasteiger partial charge in [-0.2, -0.15) is 12.6 Å². The Balaban J connectivity index is 5.29. The summed E-state index contributed by atoms with van der Waals surface area (Å²) < 4.78 is 0. The van der Waals surface area contributed by atoms with Crippen molar-refractivity contribution in [2.24, 2.45) is 33.8 Å². The van der Waals surface area contributed by atoms with Crippen LogP contribution >= 0.6 is 12.6 Å². The number of rotatable bonds is 17. The molecule has 0 bridgehead atoms. The molecule has 15 heteroatoms. The van der Waals surface area contributed by atoms with Gasteiger partial charge < -0.3 is 44.0 Å². The molecule has 5 unspecified atom stereocenters. The van der Waals surface area contributed by atoms with Gasteiger partial charge >= 0.3 is 5.97 Å². The standard InChI is InChI=1S/C20H38N8O6S/c1-3-10(2)15(22)18(32)26-11(6-7-14(21)29)16(30)28-13(9-35)17(31)27-12(19(33)34)5-4-8-25-20(23)24/h10-13,15,35H,3-9,22H2,1-2H3,(H2,21,29)(H,26,32)(H,27,31)(H,28,30)(H,33,34)(H4,23,24,25). The second-order valence-electron chi connectivity index (χ2n) is 8.07. The number of guanidine groups is 1. The zero-order valence-corrected chi connectivity index (χ0v) is 20.9. The number of nitrogens with two attached hydrogens (primary N) is 4. The molecule has 0 fully saturated rings. The lowest BCUT2D eigenvalue weighted by Gasteiger charge is -2.25. The fourth-order valence-electron chi connectivity index (χ4n) is 2.84. The van der Waals surface area contributed by atoms with Gasteiger partial charge in [0, 0.05) is 18.7 Å². The predicted molar refractivity (Wildman–Crippen MR) is 133 cm³/mol. The Labute approximate surface area is 209 Å². The van der Waals surface area contributed by atoms with E-state index in [2.05, 4.69) is 33.6 Å². The first-order chi connectivity index (χ1) is 16.3. The van der Waals surface area contributed by atoms with E-state index in [1.54, 1.807) is 6.92 Å². The van der Waals surface area contributed by atoms with E-state index < -0.39 is 53.8 Å². The van der Waals surface area contributed by atoms with Crippen LogP contribution in [-0.4, -0.2) is 77.1 Å². The summed E-state index contributed by atoms with van der Waals surface area (Å²) in [6.07, 6.45) is 0.626. The highest BCUT2D eigenvalue weighted by atomic mass is 32.1. The Bertz CT molecular complexity index is 777. The number of carbonyl (C=O) groups excluding carboxylic acids is 4. The van der Waals surface area contributed by atoms with E-state index in [0.717, 1.165) is 0 Å². The summed E-state index contributed by atoms with van der Waals surface area (Å²) in [4.78, 5) is 64.4. The summed E-state index contributed by atoms with van der Waals surface area (Å²) in [6.45, 7) is 3.81. The molecule has 0 aliphatic rings. The molecule has 0 aliphatic carbocycles. The van der Waals surface area contributed by atoms with Gasteiger partial charge in [0.15, 0.2) is 5.96 Å². The third-order valence-corrected chi connectivity index (χ3v) is 5.61. The SMILES string of the molecule is CCC(C)C(N)C(=O)NC(CCC(N)=O)C(=O)NC(CS)C(=O)NC(CCCN=C(N)N)C(=O)O. The normalized spacial score (nSPS) is 15.0. The highest BCUT2D eigenvalue weighted by Gasteiger charge is 2.30. The van der Waals surface area contributed by atoms with Crippen molar-refractivity contribution in [1.82, 2.24) is 16.0 Å². The van der Waals surface area contributed by atoms with Gasteiger partial charge in [0.2, 0.25) is 23.6 Å². The number of hydrogen-bond donors (Lipinski definition) is 9. The lowest BCUT2D eigenvalue weighted by Crippen LogP contribution is -2.58. The Kier molecular flexibility index (Phi) is 15.1. The Morgan fingerprint density at radius 1 is 0.914 bits per heavy atom. The van der Waals surface area contributed by atoms with Crippen molar-refractivity contribution in [2.45, 2.75) is 70.1 Å². The van der Waals surface area contributed by atoms with Gasteiger partial charge in [-0.3, -0.25) is 24.2 Å². The third kappa shape index (κ3) is 12.8. The average molecular weight is 519 g/mol. The van der Waals surface area contributed by atoms with Gasteiger partial charge in [-0.1, -0.05) is 20.3 Å². The van der Waals surface area contributed by atoms with Gasteiger partial charge in [-0.15, -0.1) is 0 Å². The van der Waals surface area contributed by atoms with Gasteiger partial charge in [0.05, 0.1) is 6.04 Å². The minimum atomic E-state index is -1.28. The number of aliphatic imine (C=N–C) groups is 1. The number of carbonyl (C=O) groups is 5. The van der Waals surface area contributed by atoms with Crippen molar-refractivity contribution >= 4 is 48.2 Å². The van der Waals surface area contributed by atoms with Crippen LogP contribution in [0.4, 0.5) is 0 Å². The summed E-state index contributed by atoms with van der Waals surface area (Å²) in [6, 6.07) is -4.56. The molecule has 0 aromatic heterocycles. The number of hydrogen-bond acceptors (Lipinski definition) is 8. The Morgan fingerprint density at radius 2 is 1.46 bits per heavy atom. The van der Waals surface area contributed by atoms with Crippen molar-refractivity contribution in [3.8, 4) is 0 Å². The van der Waals surface area contributed by atoms with Crippen LogP contribution in [0, 0.1) is 5.92 Å². The molecule has 0 radical (unpaired) electrons. The molecule has 0 rings (SSSR count). The first-order valence-corrected chi connectivity index (χ1v) is 11.8. The van der Waals surface area contributed by atoms with E-state index >= 15 is 0 Å². The minimum Gasteiger partial charge on any atom is -0.480 e. The second-order valence-corrected chi connectivity index (χ2v) is 8.43. The lowest BCUT2D eigenvalue weighted by molar-refractivity contribution is -0.142. The van der Waals surface area contributed by atoms with E-state index in [4.69, 9.17) is 22.9 Å². The first-order valence-electron chi connectivity index (χ1n) is 11.2. The fraction of sp³-hybridized carbons (Fsp3) is 0.700. The summed E-state index contributed by atoms with van der Waals surface area (Å²) in [7, 11) is 0. The van der Waals surface area contributed by atoms with Crippen LogP contribution < -0.4 is 38.9 Å². The molecule has 4 amide bonds. The number of nitrogens with zero attached hydrogens (tertiary/aromatic N) is 1. The lowest BCUT2D eigenvalue weighted by atomic mass is 9.98. The van der Waals surface area contributed by atoms with Crippen LogP contribution in [0.5, 0.6) is 0 Å². The number of amides is 4. The quantitative estimate of drug-likeness (QED) is 0.0414. The van der Waals surface area contributed by atoms with Gasteiger partial charge in [0.1, 0.15) is 18.1 Å². The molecule has 200 valence electrons. The molecule has 0 aromatic carbocycles. The molecule has 0 saturated carbocycles. The average Bonchev–Trinajstić information content (AvgIpc) is 2.79. The summed E-state index contributed by atoms with van der Waals surface area (Å²) in [5, 5.41) is 16.6. The zero-order valence-electron chi connectivity index (χ0n) is 20.0. The van der Waals surface area contributed by atoms with E-state index in [-0.39, 0.29) is 49.9 Å². The van der Waals surface area contributed by atoms with E-state index in [0.29, 0.717) is 6.42 Å². The topological polar surface area (TPSA) is 258 Å². The minimum absolute atomic E-state index is 0.0376. The second kappa shape index (κ2) is 16.5. The number of carboxylic acid groups (broad SMARTS) is 1. The van der Waals surface area contributed by atoms with Gasteiger partial charge in [0.25, 0.3) is 0 Å². The molecule has 5 atom stereocenters. The van der Waals surface area contributed by atoms with Crippen LogP contribution in [-0.2, 0) is 24.0 Å². The monoisotopic (exact) mass is 518 g/mol. The fourth-order valence-corrected chi connectivity index (χ4v) is 3.09. The van der Waals surface area contributed by atoms with Crippen LogP contribution in [0.15, 0.2) is 4.99 Å². The van der Waals surface area contributed by atoms with Crippen molar-refractivity contribution in [3.63, 3.8) is 0 Å². The molecule has 12 N–H and O–H groups in total. The van der Waals surface area contributed by atoms with Crippen molar-refractivity contribution in [2.75, 3.05) is 12.3 Å². The number of thiol groups is 1. The molecule has 0 aromatic rings. The summed E-state index contributed by atoms with van der Waals surface area (Å²) >= 11 is 4.06. The highest BCUT2D eigenvalue weighted by molar-refractivity contribution is 7.80. The molecular weight excluding hydrogens is 480 g/mol. The largest absolute Gasteiger partial charge is 0.480 e. The molecular formula is C20H38N8O6S. The van der Waals surface area contributed by atoms with E-state index in [1.807, 2.05) is 6.92 Å². The smallest absolute Gasteiger partial charge is 0.326 e. The number of carboxylic acids is 1. The maximum atomic E-state index is 12.8. The molecule has 0 heterocycles. The summed E-state index contributed by atoms with van der Waals surface area (Å²) in [5.74, 6) is -4.59. The number of aliphatic carboxylic acids is 1. The van der Waals surface area contributed by atoms with Crippen molar-refractivity contribution in [1.29, 1.82) is 0 Å². The molecule has 14 nitrogen and oxygen atoms in total. The van der Waals surface area contributed by atoms with Crippen molar-refractivity contribution in [3.05, 3.63) is 0 Å². The van der Waals surface area contributed by atoms with Gasteiger partial charge in [-0.05, 0) is 25.2 Å². The highest BCUT2D eigenvalue weighted by Crippen LogP contribution is 2.07. The van der Waals surface area contributed by atoms with Crippen LogP contribution in [0.2, 0.25) is 0 Å². The molecule has 0 spiro atoms. The maximum absolute atomic E-state index is 12.8. The zero-order chi connectivity index (χ0) is 27.1. The molecule has 0 saturated heterocycles. The third-order valence-electron chi connectivity index (χ3n) is 5.25. The van der Waals surface area contributed by atoms with E-state index in [1.165, 1.54) is 0 Å². The maximum Gasteiger partial charge on any atom is 0.326 e. The molecule has 0 aliphatic heterocycles. The number of nitrogens with one attached hydrogen (secondary N) is 3. The van der Waals surface area contributed by atoms with Crippen molar-refractivity contribution < 1.29 is 29.1 Å². The molecule has 35 heavy (non-hydrogen) atoms. The Hall–Kier alpha value is -3.07. The summed E-state index contributed by atoms with van der Waals surface area (Å²) in [5.41, 5.74) is 21.5. The van der Waals surface area contributed by atoms with Crippen LogP contribution in [0.1, 0.15) is 46.0 Å². The van der Waals surface area contributed by atoms with Gasteiger partial charge in [-0.25, -0.2) is 4.79 Å². The first kappa shape index (κ1) is 31.9. The van der Waals surface area contributed by atoms with E-state index in [9.17, 15) is 29.1 Å². The predicted octanol–water partition coefficient (Wildman–Crippen LogP) is -2.85. The number of primary amides is 1.